The number of rotatable bonds is 2. The highest BCUT2D eigenvalue weighted by Gasteiger charge is 2.34. The van der Waals surface area contributed by atoms with Crippen molar-refractivity contribution in [2.45, 2.75) is 46.0 Å². The average Bonchev–Trinajstić information content (AvgIpc) is 2.48. The lowest BCUT2D eigenvalue weighted by Crippen LogP contribution is -2.35. The first kappa shape index (κ1) is 15.6. The van der Waals surface area contributed by atoms with Crippen LogP contribution in [-0.2, 0) is 4.79 Å². The van der Waals surface area contributed by atoms with E-state index in [1.807, 2.05) is 25.1 Å². The van der Waals surface area contributed by atoms with E-state index in [9.17, 15) is 4.79 Å². The van der Waals surface area contributed by atoms with Gasteiger partial charge >= 0.3 is 0 Å². The molecule has 0 spiro atoms. The third kappa shape index (κ3) is 3.86. The van der Waals surface area contributed by atoms with Gasteiger partial charge in [-0.3, -0.25) is 4.79 Å². The third-order valence-corrected chi connectivity index (χ3v) is 4.33. The van der Waals surface area contributed by atoms with E-state index >= 15 is 0 Å². The Bertz CT molecular complexity index is 575. The maximum atomic E-state index is 12.6. The van der Waals surface area contributed by atoms with Crippen molar-refractivity contribution in [3.63, 3.8) is 0 Å². The molecule has 1 aliphatic carbocycles. The van der Waals surface area contributed by atoms with Gasteiger partial charge in [0.15, 0.2) is 0 Å². The van der Waals surface area contributed by atoms with E-state index in [1.165, 1.54) is 6.42 Å². The summed E-state index contributed by atoms with van der Waals surface area (Å²) in [6.45, 7) is 4.42. The molecule has 0 atom stereocenters. The maximum absolute atomic E-state index is 12.6. The molecule has 3 nitrogen and oxygen atoms in total. The third-order valence-electron chi connectivity index (χ3n) is 4.33. The van der Waals surface area contributed by atoms with Gasteiger partial charge in [0.2, 0.25) is 5.91 Å². The van der Waals surface area contributed by atoms with Gasteiger partial charge < -0.3 is 11.1 Å². The summed E-state index contributed by atoms with van der Waals surface area (Å²) in [5, 5.41) is 3.10. The highest BCUT2D eigenvalue weighted by atomic mass is 16.2. The number of carbonyl (C=O) groups excluding carboxylic acids is 1. The Morgan fingerprint density at radius 3 is 2.71 bits per heavy atom. The molecule has 3 heteroatoms. The molecule has 2 rings (SSSR count). The minimum atomic E-state index is -0.233. The molecule has 3 N–H and O–H groups in total. The van der Waals surface area contributed by atoms with Gasteiger partial charge in [0, 0.05) is 16.7 Å². The van der Waals surface area contributed by atoms with Crippen LogP contribution in [0, 0.1) is 24.2 Å². The molecule has 1 aliphatic rings. The molecule has 0 radical (unpaired) electrons. The van der Waals surface area contributed by atoms with Gasteiger partial charge in [-0.2, -0.15) is 0 Å². The van der Waals surface area contributed by atoms with Crippen LogP contribution in [0.2, 0.25) is 0 Å². The first-order valence-corrected chi connectivity index (χ1v) is 7.66. The van der Waals surface area contributed by atoms with E-state index in [0.717, 1.165) is 42.5 Å². The predicted octanol–water partition coefficient (Wildman–Crippen LogP) is 3.21. The Morgan fingerprint density at radius 2 is 2.05 bits per heavy atom. The van der Waals surface area contributed by atoms with Gasteiger partial charge in [0.1, 0.15) is 0 Å². The van der Waals surface area contributed by atoms with E-state index in [-0.39, 0.29) is 11.3 Å². The van der Waals surface area contributed by atoms with Gasteiger partial charge in [-0.1, -0.05) is 44.1 Å². The smallest absolute Gasteiger partial charge is 0.230 e. The van der Waals surface area contributed by atoms with Gasteiger partial charge in [-0.05, 0) is 37.5 Å². The lowest BCUT2D eigenvalue weighted by molar-refractivity contribution is -0.126. The Balaban J connectivity index is 2.16. The van der Waals surface area contributed by atoms with Crippen molar-refractivity contribution >= 4 is 11.6 Å². The van der Waals surface area contributed by atoms with Crippen molar-refractivity contribution in [3.8, 4) is 11.8 Å². The van der Waals surface area contributed by atoms with E-state index in [1.54, 1.807) is 0 Å². The molecule has 112 valence electrons. The predicted molar refractivity (Wildman–Crippen MR) is 86.9 cm³/mol. The maximum Gasteiger partial charge on any atom is 0.230 e. The molecule has 0 unspecified atom stereocenters. The number of nitrogens with one attached hydrogen (secondary N) is 1. The first-order chi connectivity index (χ1) is 10.0. The number of hydrogen-bond donors (Lipinski definition) is 2. The molecule has 0 aliphatic heterocycles. The fraction of sp³-hybridized carbons (Fsp3) is 0.500. The van der Waals surface area contributed by atoms with Crippen LogP contribution in [-0.4, -0.2) is 12.5 Å². The number of anilines is 1. The summed E-state index contributed by atoms with van der Waals surface area (Å²) in [4.78, 5) is 12.6. The van der Waals surface area contributed by atoms with Crippen LogP contribution in [0.15, 0.2) is 18.2 Å². The second-order valence-corrected chi connectivity index (χ2v) is 6.11. The van der Waals surface area contributed by atoms with Crippen molar-refractivity contribution in [2.24, 2.45) is 11.1 Å². The van der Waals surface area contributed by atoms with Crippen LogP contribution in [0.25, 0.3) is 0 Å². The number of carbonyl (C=O) groups is 1. The highest BCUT2D eigenvalue weighted by Crippen LogP contribution is 2.37. The van der Waals surface area contributed by atoms with Crippen LogP contribution >= 0.6 is 0 Å². The van der Waals surface area contributed by atoms with Gasteiger partial charge in [0.25, 0.3) is 0 Å². The molecule has 1 aromatic carbocycles. The Kier molecular flexibility index (Phi) is 5.03. The molecule has 0 heterocycles. The number of aryl methyl sites for hydroxylation is 1. The van der Waals surface area contributed by atoms with E-state index in [2.05, 4.69) is 24.1 Å². The summed E-state index contributed by atoms with van der Waals surface area (Å²) in [5.41, 5.74) is 7.96. The summed E-state index contributed by atoms with van der Waals surface area (Å²) < 4.78 is 0. The first-order valence-electron chi connectivity index (χ1n) is 7.66. The lowest BCUT2D eigenvalue weighted by atomic mass is 9.75. The van der Waals surface area contributed by atoms with Crippen molar-refractivity contribution in [1.29, 1.82) is 0 Å². The summed E-state index contributed by atoms with van der Waals surface area (Å²) in [6, 6.07) is 5.87. The van der Waals surface area contributed by atoms with E-state index < -0.39 is 0 Å². The molecular formula is C18H24N2O. The van der Waals surface area contributed by atoms with Gasteiger partial charge in [-0.15, -0.1) is 0 Å². The highest BCUT2D eigenvalue weighted by molar-refractivity contribution is 5.95. The minimum absolute atomic E-state index is 0.134. The van der Waals surface area contributed by atoms with Crippen LogP contribution in [0.3, 0.4) is 0 Å². The standard InChI is InChI=1S/C18H24N2O/c1-14-8-9-15(7-6-12-19)13-16(14)20-17(21)18(2)10-4-3-5-11-18/h8-9,13H,3-5,10-12,19H2,1-2H3,(H,20,21). The van der Waals surface area contributed by atoms with Crippen molar-refractivity contribution < 1.29 is 4.79 Å². The molecule has 1 saturated carbocycles. The lowest BCUT2D eigenvalue weighted by Gasteiger charge is -2.32. The molecule has 1 amide bonds. The van der Waals surface area contributed by atoms with Gasteiger partial charge in [-0.25, -0.2) is 0 Å². The van der Waals surface area contributed by atoms with Crippen molar-refractivity contribution in [3.05, 3.63) is 29.3 Å². The molecule has 1 fully saturated rings. The number of nitrogens with two attached hydrogens (primary N) is 1. The second kappa shape index (κ2) is 6.78. The average molecular weight is 284 g/mol. The summed E-state index contributed by atoms with van der Waals surface area (Å²) in [7, 11) is 0. The number of benzene rings is 1. The molecular weight excluding hydrogens is 260 g/mol. The molecule has 0 aromatic heterocycles. The molecule has 0 bridgehead atoms. The van der Waals surface area contributed by atoms with Crippen LogP contribution < -0.4 is 11.1 Å². The van der Waals surface area contributed by atoms with Crippen molar-refractivity contribution in [2.75, 3.05) is 11.9 Å². The van der Waals surface area contributed by atoms with Crippen molar-refractivity contribution in [1.82, 2.24) is 0 Å². The van der Waals surface area contributed by atoms with Crippen LogP contribution in [0.1, 0.15) is 50.2 Å². The zero-order valence-electron chi connectivity index (χ0n) is 13.0. The fourth-order valence-corrected chi connectivity index (χ4v) is 2.82. The Hall–Kier alpha value is -1.79. The van der Waals surface area contributed by atoms with Crippen LogP contribution in [0.5, 0.6) is 0 Å². The zero-order chi connectivity index (χ0) is 15.3. The summed E-state index contributed by atoms with van der Waals surface area (Å²) in [6.07, 6.45) is 5.48. The van der Waals surface area contributed by atoms with Gasteiger partial charge in [0.05, 0.1) is 6.54 Å². The second-order valence-electron chi connectivity index (χ2n) is 6.11. The molecule has 1 aromatic rings. The molecule has 21 heavy (non-hydrogen) atoms. The number of hydrogen-bond acceptors (Lipinski definition) is 2. The zero-order valence-corrected chi connectivity index (χ0v) is 13.0. The summed E-state index contributed by atoms with van der Waals surface area (Å²) >= 11 is 0. The molecule has 0 saturated heterocycles. The SMILES string of the molecule is Cc1ccc(C#CCN)cc1NC(=O)C1(C)CCCCC1. The van der Waals surface area contributed by atoms with E-state index in [0.29, 0.717) is 6.54 Å². The van der Waals surface area contributed by atoms with E-state index in [4.69, 9.17) is 5.73 Å². The largest absolute Gasteiger partial charge is 0.325 e. The minimum Gasteiger partial charge on any atom is -0.325 e. The van der Waals surface area contributed by atoms with Crippen LogP contribution in [0.4, 0.5) is 5.69 Å². The topological polar surface area (TPSA) is 55.1 Å². The fourth-order valence-electron chi connectivity index (χ4n) is 2.82. The number of amides is 1. The Morgan fingerprint density at radius 1 is 1.33 bits per heavy atom. The quantitative estimate of drug-likeness (QED) is 0.819. The Labute approximate surface area is 127 Å². The summed E-state index contributed by atoms with van der Waals surface area (Å²) in [5.74, 6) is 5.98. The normalized spacial score (nSPS) is 16.7. The monoisotopic (exact) mass is 284 g/mol.